The minimum Gasteiger partial charge on any atom is -0.496 e. The second-order valence-electron chi connectivity index (χ2n) is 4.59. The summed E-state index contributed by atoms with van der Waals surface area (Å²) in [6, 6.07) is 17.8. The molecule has 0 aromatic heterocycles. The van der Waals surface area contributed by atoms with E-state index < -0.39 is 0 Å². The molecule has 1 unspecified atom stereocenters. The number of methoxy groups -OCH3 is 1. The van der Waals surface area contributed by atoms with Gasteiger partial charge in [-0.05, 0) is 25.0 Å². The molecule has 19 heavy (non-hydrogen) atoms. The number of para-hydroxylation sites is 1. The van der Waals surface area contributed by atoms with Gasteiger partial charge in [-0.15, -0.1) is 0 Å². The van der Waals surface area contributed by atoms with E-state index in [1.54, 1.807) is 14.0 Å². The molecule has 2 aromatic rings. The zero-order chi connectivity index (χ0) is 13.7. The normalized spacial score (nSPS) is 11.9. The molecule has 0 aliphatic carbocycles. The third-order valence-corrected chi connectivity index (χ3v) is 3.29. The van der Waals surface area contributed by atoms with Crippen LogP contribution in [0, 0.1) is 0 Å². The maximum Gasteiger partial charge on any atom is 0.137 e. The molecule has 2 rings (SSSR count). The van der Waals surface area contributed by atoms with Crippen LogP contribution in [0.15, 0.2) is 54.6 Å². The van der Waals surface area contributed by atoms with Crippen LogP contribution in [-0.4, -0.2) is 12.9 Å². The Hall–Kier alpha value is -2.09. The maximum absolute atomic E-state index is 12.0. The van der Waals surface area contributed by atoms with Crippen molar-refractivity contribution in [2.24, 2.45) is 0 Å². The van der Waals surface area contributed by atoms with E-state index in [1.165, 1.54) is 0 Å². The van der Waals surface area contributed by atoms with Gasteiger partial charge in [0, 0.05) is 5.56 Å². The molecule has 0 spiro atoms. The number of ketones is 1. The van der Waals surface area contributed by atoms with E-state index in [-0.39, 0.29) is 11.7 Å². The predicted molar refractivity (Wildman–Crippen MR) is 76.6 cm³/mol. The molecule has 0 N–H and O–H groups in total. The lowest BCUT2D eigenvalue weighted by atomic mass is 9.88. The zero-order valence-electron chi connectivity index (χ0n) is 11.3. The van der Waals surface area contributed by atoms with Gasteiger partial charge in [-0.3, -0.25) is 4.79 Å². The van der Waals surface area contributed by atoms with Gasteiger partial charge in [-0.2, -0.15) is 0 Å². The Morgan fingerprint density at radius 2 is 1.68 bits per heavy atom. The van der Waals surface area contributed by atoms with Crippen molar-refractivity contribution in [3.05, 3.63) is 65.7 Å². The molecule has 0 saturated heterocycles. The Bertz CT molecular complexity index is 546. The number of Topliss-reactive ketones (excluding diaryl/α,β-unsaturated/α-hetero) is 1. The minimum atomic E-state index is -0.154. The molecule has 1 atom stereocenters. The number of carbonyl (C=O) groups excluding carboxylic acids is 1. The Kier molecular flexibility index (Phi) is 4.35. The first-order valence-corrected chi connectivity index (χ1v) is 6.39. The van der Waals surface area contributed by atoms with Crippen LogP contribution < -0.4 is 4.74 Å². The van der Waals surface area contributed by atoms with Gasteiger partial charge < -0.3 is 4.74 Å². The van der Waals surface area contributed by atoms with Crippen molar-refractivity contribution in [1.29, 1.82) is 0 Å². The molecule has 0 saturated carbocycles. The first-order chi connectivity index (χ1) is 9.22. The van der Waals surface area contributed by atoms with Crippen LogP contribution in [-0.2, 0) is 11.2 Å². The standard InChI is InChI=1S/C17H18O2/c1-13(18)16(12-14-8-4-3-5-9-14)15-10-6-7-11-17(15)19-2/h3-11,16H,12H2,1-2H3. The number of carbonyl (C=O) groups is 1. The average Bonchev–Trinajstić information content (AvgIpc) is 2.45. The summed E-state index contributed by atoms with van der Waals surface area (Å²) in [6.45, 7) is 1.64. The minimum absolute atomic E-state index is 0.154. The van der Waals surface area contributed by atoms with Crippen LogP contribution in [0.5, 0.6) is 5.75 Å². The number of hydrogen-bond acceptors (Lipinski definition) is 2. The van der Waals surface area contributed by atoms with Crippen molar-refractivity contribution in [2.75, 3.05) is 7.11 Å². The molecule has 2 aromatic carbocycles. The van der Waals surface area contributed by atoms with Crippen LogP contribution in [0.3, 0.4) is 0 Å². The Morgan fingerprint density at radius 3 is 2.32 bits per heavy atom. The molecule has 0 heterocycles. The van der Waals surface area contributed by atoms with Crippen molar-refractivity contribution in [3.8, 4) is 5.75 Å². The lowest BCUT2D eigenvalue weighted by Crippen LogP contribution is -2.13. The van der Waals surface area contributed by atoms with Gasteiger partial charge >= 0.3 is 0 Å². The smallest absolute Gasteiger partial charge is 0.137 e. The second kappa shape index (κ2) is 6.19. The van der Waals surface area contributed by atoms with E-state index in [9.17, 15) is 4.79 Å². The lowest BCUT2D eigenvalue weighted by molar-refractivity contribution is -0.118. The van der Waals surface area contributed by atoms with E-state index >= 15 is 0 Å². The number of hydrogen-bond donors (Lipinski definition) is 0. The van der Waals surface area contributed by atoms with Gasteiger partial charge in [0.2, 0.25) is 0 Å². The fraction of sp³-hybridized carbons (Fsp3) is 0.235. The van der Waals surface area contributed by atoms with E-state index in [1.807, 2.05) is 54.6 Å². The van der Waals surface area contributed by atoms with Crippen molar-refractivity contribution in [1.82, 2.24) is 0 Å². The van der Waals surface area contributed by atoms with Crippen LogP contribution >= 0.6 is 0 Å². The summed E-state index contributed by atoms with van der Waals surface area (Å²) in [5.41, 5.74) is 2.12. The van der Waals surface area contributed by atoms with E-state index in [0.717, 1.165) is 16.9 Å². The summed E-state index contributed by atoms with van der Waals surface area (Å²) in [6.07, 6.45) is 0.705. The third-order valence-electron chi connectivity index (χ3n) is 3.29. The van der Waals surface area contributed by atoms with Crippen molar-refractivity contribution < 1.29 is 9.53 Å². The van der Waals surface area contributed by atoms with Gasteiger partial charge in [0.15, 0.2) is 0 Å². The van der Waals surface area contributed by atoms with Crippen LogP contribution in [0.1, 0.15) is 24.0 Å². The van der Waals surface area contributed by atoms with Gasteiger partial charge in [0.25, 0.3) is 0 Å². The van der Waals surface area contributed by atoms with Crippen molar-refractivity contribution in [2.45, 2.75) is 19.3 Å². The van der Waals surface area contributed by atoms with E-state index in [0.29, 0.717) is 6.42 Å². The Balaban J connectivity index is 2.33. The number of benzene rings is 2. The van der Waals surface area contributed by atoms with E-state index in [2.05, 4.69) is 0 Å². The number of ether oxygens (including phenoxy) is 1. The Morgan fingerprint density at radius 1 is 1.05 bits per heavy atom. The van der Waals surface area contributed by atoms with E-state index in [4.69, 9.17) is 4.74 Å². The molecule has 0 aliphatic heterocycles. The van der Waals surface area contributed by atoms with Crippen molar-refractivity contribution in [3.63, 3.8) is 0 Å². The summed E-state index contributed by atoms with van der Waals surface area (Å²) in [5, 5.41) is 0. The molecule has 0 bridgehead atoms. The third kappa shape index (κ3) is 3.22. The average molecular weight is 254 g/mol. The summed E-state index contributed by atoms with van der Waals surface area (Å²) in [5.74, 6) is 0.783. The summed E-state index contributed by atoms with van der Waals surface area (Å²) >= 11 is 0. The largest absolute Gasteiger partial charge is 0.496 e. The van der Waals surface area contributed by atoms with Crippen LogP contribution in [0.4, 0.5) is 0 Å². The zero-order valence-corrected chi connectivity index (χ0v) is 11.3. The molecule has 0 radical (unpaired) electrons. The molecular formula is C17H18O2. The summed E-state index contributed by atoms with van der Waals surface area (Å²) in [4.78, 5) is 12.0. The SMILES string of the molecule is COc1ccccc1C(Cc1ccccc1)C(C)=O. The van der Waals surface area contributed by atoms with Gasteiger partial charge in [-0.1, -0.05) is 48.5 Å². The first kappa shape index (κ1) is 13.3. The highest BCUT2D eigenvalue weighted by Crippen LogP contribution is 2.29. The molecular weight excluding hydrogens is 236 g/mol. The highest BCUT2D eigenvalue weighted by Gasteiger charge is 2.20. The molecule has 2 nitrogen and oxygen atoms in total. The second-order valence-corrected chi connectivity index (χ2v) is 4.59. The molecule has 98 valence electrons. The van der Waals surface area contributed by atoms with Crippen molar-refractivity contribution >= 4 is 5.78 Å². The van der Waals surface area contributed by atoms with Gasteiger partial charge in [-0.25, -0.2) is 0 Å². The molecule has 2 heteroatoms. The highest BCUT2D eigenvalue weighted by molar-refractivity contribution is 5.84. The van der Waals surface area contributed by atoms with Gasteiger partial charge in [0.1, 0.15) is 11.5 Å². The van der Waals surface area contributed by atoms with Crippen LogP contribution in [0.2, 0.25) is 0 Å². The molecule has 0 amide bonds. The fourth-order valence-corrected chi connectivity index (χ4v) is 2.28. The number of rotatable bonds is 5. The highest BCUT2D eigenvalue weighted by atomic mass is 16.5. The molecule has 0 fully saturated rings. The lowest BCUT2D eigenvalue weighted by Gasteiger charge is -2.17. The first-order valence-electron chi connectivity index (χ1n) is 6.39. The van der Waals surface area contributed by atoms with Gasteiger partial charge in [0.05, 0.1) is 13.0 Å². The quantitative estimate of drug-likeness (QED) is 0.814. The van der Waals surface area contributed by atoms with Crippen LogP contribution in [0.25, 0.3) is 0 Å². The topological polar surface area (TPSA) is 26.3 Å². The Labute approximate surface area is 114 Å². The molecule has 0 aliphatic rings. The fourth-order valence-electron chi connectivity index (χ4n) is 2.28. The summed E-state index contributed by atoms with van der Waals surface area (Å²) < 4.78 is 5.36. The summed E-state index contributed by atoms with van der Waals surface area (Å²) in [7, 11) is 1.64. The predicted octanol–water partition coefficient (Wildman–Crippen LogP) is 3.61. The maximum atomic E-state index is 12.0. The monoisotopic (exact) mass is 254 g/mol.